The lowest BCUT2D eigenvalue weighted by Crippen LogP contribution is -2.29. The number of benzene rings is 2. The van der Waals surface area contributed by atoms with Gasteiger partial charge in [0.05, 0.1) is 11.4 Å². The van der Waals surface area contributed by atoms with E-state index >= 15 is 0 Å². The molecule has 1 aliphatic rings. The molecule has 3 rings (SSSR count). The van der Waals surface area contributed by atoms with E-state index in [1.54, 1.807) is 24.0 Å². The molecule has 1 N–H and O–H groups in total. The SMILES string of the molecule is CCC(=O)N1CCc2cc(Br)cc(S(=O)(=O)Nc3ccc(C)cc3Br)c21. The van der Waals surface area contributed by atoms with Gasteiger partial charge in [-0.25, -0.2) is 8.42 Å². The highest BCUT2D eigenvalue weighted by Crippen LogP contribution is 2.39. The molecule has 0 atom stereocenters. The molecule has 0 saturated heterocycles. The maximum absolute atomic E-state index is 13.1. The van der Waals surface area contributed by atoms with E-state index in [4.69, 9.17) is 0 Å². The number of amides is 1. The predicted octanol–water partition coefficient (Wildman–Crippen LogP) is 4.62. The molecule has 0 radical (unpaired) electrons. The summed E-state index contributed by atoms with van der Waals surface area (Å²) in [6, 6.07) is 8.81. The number of aryl methyl sites for hydroxylation is 1. The van der Waals surface area contributed by atoms with Crippen molar-refractivity contribution in [2.24, 2.45) is 0 Å². The molecule has 8 heteroatoms. The molecule has 0 aromatic heterocycles. The van der Waals surface area contributed by atoms with Crippen molar-refractivity contribution in [3.63, 3.8) is 0 Å². The van der Waals surface area contributed by atoms with Gasteiger partial charge in [0.15, 0.2) is 0 Å². The Morgan fingerprint density at radius 3 is 2.62 bits per heavy atom. The molecular formula is C18H18Br2N2O3S. The van der Waals surface area contributed by atoms with Crippen LogP contribution in [0.3, 0.4) is 0 Å². The summed E-state index contributed by atoms with van der Waals surface area (Å²) in [5.41, 5.74) is 2.80. The molecule has 138 valence electrons. The standard InChI is InChI=1S/C18H18Br2N2O3S/c1-3-17(23)22-7-6-12-9-13(19)10-16(18(12)22)26(24,25)21-15-5-4-11(2)8-14(15)20/h4-5,8-10,21H,3,6-7H2,1-2H3. The maximum Gasteiger partial charge on any atom is 0.264 e. The van der Waals surface area contributed by atoms with Gasteiger partial charge in [0.2, 0.25) is 5.91 Å². The first-order valence-corrected chi connectivity index (χ1v) is 11.2. The van der Waals surface area contributed by atoms with Gasteiger partial charge >= 0.3 is 0 Å². The molecule has 0 saturated carbocycles. The summed E-state index contributed by atoms with van der Waals surface area (Å²) in [5.74, 6) is -0.0842. The monoisotopic (exact) mass is 500 g/mol. The number of carbonyl (C=O) groups excluding carboxylic acids is 1. The molecule has 2 aromatic carbocycles. The molecule has 5 nitrogen and oxygen atoms in total. The number of hydrogen-bond donors (Lipinski definition) is 1. The Morgan fingerprint density at radius 1 is 1.23 bits per heavy atom. The van der Waals surface area contributed by atoms with Crippen LogP contribution in [-0.2, 0) is 21.2 Å². The van der Waals surface area contributed by atoms with Gasteiger partial charge in [-0.1, -0.05) is 28.9 Å². The molecule has 0 fully saturated rings. The second-order valence-electron chi connectivity index (χ2n) is 6.15. The molecule has 1 amide bonds. The number of nitrogens with one attached hydrogen (secondary N) is 1. The first-order chi connectivity index (χ1) is 12.2. The topological polar surface area (TPSA) is 66.5 Å². The van der Waals surface area contributed by atoms with Crippen LogP contribution >= 0.6 is 31.9 Å². The van der Waals surface area contributed by atoms with Crippen molar-refractivity contribution in [1.29, 1.82) is 0 Å². The van der Waals surface area contributed by atoms with Crippen molar-refractivity contribution in [3.8, 4) is 0 Å². The fraction of sp³-hybridized carbons (Fsp3) is 0.278. The van der Waals surface area contributed by atoms with Gasteiger partial charge in [-0.3, -0.25) is 9.52 Å². The first-order valence-electron chi connectivity index (χ1n) is 8.14. The minimum atomic E-state index is -3.87. The average Bonchev–Trinajstić information content (AvgIpc) is 2.99. The summed E-state index contributed by atoms with van der Waals surface area (Å²) in [6.45, 7) is 4.20. The number of fused-ring (bicyclic) bond motifs is 1. The number of rotatable bonds is 4. The molecule has 0 aliphatic carbocycles. The van der Waals surface area contributed by atoms with Gasteiger partial charge in [0, 0.05) is 21.9 Å². The van der Waals surface area contributed by atoms with Crippen molar-refractivity contribution in [3.05, 3.63) is 50.4 Å². The van der Waals surface area contributed by atoms with Crippen LogP contribution in [0.1, 0.15) is 24.5 Å². The summed E-state index contributed by atoms with van der Waals surface area (Å²) < 4.78 is 30.2. The number of carbonyl (C=O) groups is 1. The van der Waals surface area contributed by atoms with E-state index in [9.17, 15) is 13.2 Å². The van der Waals surface area contributed by atoms with Crippen LogP contribution in [-0.4, -0.2) is 20.9 Å². The third kappa shape index (κ3) is 3.68. The van der Waals surface area contributed by atoms with Gasteiger partial charge < -0.3 is 4.90 Å². The van der Waals surface area contributed by atoms with E-state index in [0.717, 1.165) is 11.1 Å². The third-order valence-corrected chi connectivity index (χ3v) is 6.75. The van der Waals surface area contributed by atoms with Crippen molar-refractivity contribution >= 4 is 59.2 Å². The van der Waals surface area contributed by atoms with Gasteiger partial charge in [0.1, 0.15) is 4.90 Å². The molecule has 0 spiro atoms. The van der Waals surface area contributed by atoms with Crippen molar-refractivity contribution in [2.45, 2.75) is 31.6 Å². The normalized spacial score (nSPS) is 13.6. The fourth-order valence-electron chi connectivity index (χ4n) is 3.02. The largest absolute Gasteiger partial charge is 0.310 e. The zero-order valence-electron chi connectivity index (χ0n) is 14.3. The summed E-state index contributed by atoms with van der Waals surface area (Å²) in [7, 11) is -3.87. The third-order valence-electron chi connectivity index (χ3n) is 4.26. The molecule has 1 heterocycles. The van der Waals surface area contributed by atoms with E-state index < -0.39 is 10.0 Å². The quantitative estimate of drug-likeness (QED) is 0.664. The van der Waals surface area contributed by atoms with Crippen LogP contribution in [0.25, 0.3) is 0 Å². The summed E-state index contributed by atoms with van der Waals surface area (Å²) >= 11 is 6.78. The fourth-order valence-corrected chi connectivity index (χ4v) is 5.75. The van der Waals surface area contributed by atoms with Crippen molar-refractivity contribution < 1.29 is 13.2 Å². The lowest BCUT2D eigenvalue weighted by Gasteiger charge is -2.21. The smallest absolute Gasteiger partial charge is 0.264 e. The Hall–Kier alpha value is -1.38. The summed E-state index contributed by atoms with van der Waals surface area (Å²) in [4.78, 5) is 14.0. The van der Waals surface area contributed by atoms with E-state index in [1.165, 1.54) is 0 Å². The zero-order chi connectivity index (χ0) is 19.1. The van der Waals surface area contributed by atoms with Crippen LogP contribution in [0.15, 0.2) is 44.2 Å². The van der Waals surface area contributed by atoms with E-state index in [-0.39, 0.29) is 10.8 Å². The van der Waals surface area contributed by atoms with Crippen LogP contribution < -0.4 is 9.62 Å². The van der Waals surface area contributed by atoms with E-state index in [1.807, 2.05) is 25.1 Å². The second kappa shape index (κ2) is 7.32. The number of hydrogen-bond acceptors (Lipinski definition) is 3. The minimum Gasteiger partial charge on any atom is -0.310 e. The predicted molar refractivity (Wildman–Crippen MR) is 110 cm³/mol. The highest BCUT2D eigenvalue weighted by Gasteiger charge is 2.32. The Kier molecular flexibility index (Phi) is 5.46. The lowest BCUT2D eigenvalue weighted by atomic mass is 10.2. The second-order valence-corrected chi connectivity index (χ2v) is 9.57. The molecule has 1 aliphatic heterocycles. The highest BCUT2D eigenvalue weighted by atomic mass is 79.9. The van der Waals surface area contributed by atoms with Crippen molar-refractivity contribution in [1.82, 2.24) is 0 Å². The minimum absolute atomic E-state index is 0.0842. The van der Waals surface area contributed by atoms with Crippen molar-refractivity contribution in [2.75, 3.05) is 16.2 Å². The Balaban J connectivity index is 2.09. The van der Waals surface area contributed by atoms with Gasteiger partial charge in [-0.2, -0.15) is 0 Å². The summed E-state index contributed by atoms with van der Waals surface area (Å²) in [6.07, 6.45) is 0.961. The molecule has 2 aromatic rings. The number of anilines is 2. The zero-order valence-corrected chi connectivity index (χ0v) is 18.3. The number of nitrogens with zero attached hydrogens (tertiary/aromatic N) is 1. The van der Waals surface area contributed by atoms with Crippen LogP contribution in [0.2, 0.25) is 0 Å². The Morgan fingerprint density at radius 2 is 1.96 bits per heavy atom. The van der Waals surface area contributed by atoms with Crippen LogP contribution in [0, 0.1) is 6.92 Å². The van der Waals surface area contributed by atoms with E-state index in [0.29, 0.717) is 39.7 Å². The lowest BCUT2D eigenvalue weighted by molar-refractivity contribution is -0.118. The Bertz CT molecular complexity index is 990. The van der Waals surface area contributed by atoms with Gasteiger partial charge in [-0.05, 0) is 64.7 Å². The highest BCUT2D eigenvalue weighted by molar-refractivity contribution is 9.10. The molecule has 0 unspecified atom stereocenters. The van der Waals surface area contributed by atoms with Crippen LogP contribution in [0.5, 0.6) is 0 Å². The van der Waals surface area contributed by atoms with Gasteiger partial charge in [0.25, 0.3) is 10.0 Å². The maximum atomic E-state index is 13.1. The molecule has 26 heavy (non-hydrogen) atoms. The first kappa shape index (κ1) is 19.4. The summed E-state index contributed by atoms with van der Waals surface area (Å²) in [5, 5.41) is 0. The van der Waals surface area contributed by atoms with Crippen LogP contribution in [0.4, 0.5) is 11.4 Å². The molecular weight excluding hydrogens is 484 g/mol. The number of halogens is 2. The average molecular weight is 502 g/mol. The number of sulfonamides is 1. The van der Waals surface area contributed by atoms with E-state index in [2.05, 4.69) is 36.6 Å². The molecule has 0 bridgehead atoms. The van der Waals surface area contributed by atoms with Gasteiger partial charge in [-0.15, -0.1) is 0 Å². The Labute approximate surface area is 170 Å².